The number of carbonyl (C=O) groups excluding carboxylic acids is 2. The molecule has 0 aromatic heterocycles. The van der Waals surface area contributed by atoms with Crippen molar-refractivity contribution in [3.63, 3.8) is 0 Å². The Morgan fingerprint density at radius 1 is 1.21 bits per heavy atom. The average molecular weight is 467 g/mol. The molecule has 0 saturated carbocycles. The highest BCUT2D eigenvalue weighted by atomic mass is 32.2. The minimum Gasteiger partial charge on any atom is -0.325 e. The van der Waals surface area contributed by atoms with E-state index >= 15 is 0 Å². The van der Waals surface area contributed by atoms with Gasteiger partial charge >= 0.3 is 0 Å². The minimum atomic E-state index is -0.247. The number of nitrogens with zero attached hydrogens (tertiary/aromatic N) is 3. The fourth-order valence-electron chi connectivity index (χ4n) is 4.21. The van der Waals surface area contributed by atoms with Gasteiger partial charge in [-0.05, 0) is 43.2 Å². The van der Waals surface area contributed by atoms with E-state index in [1.165, 1.54) is 30.8 Å². The van der Waals surface area contributed by atoms with E-state index in [4.69, 9.17) is 0 Å². The van der Waals surface area contributed by atoms with Crippen molar-refractivity contribution in [2.45, 2.75) is 31.6 Å². The second kappa shape index (κ2) is 8.87. The summed E-state index contributed by atoms with van der Waals surface area (Å²) in [6.07, 6.45) is 4.65. The number of amidine groups is 1. The van der Waals surface area contributed by atoms with Crippen LogP contribution in [0.4, 0.5) is 10.1 Å². The largest absolute Gasteiger partial charge is 0.325 e. The van der Waals surface area contributed by atoms with E-state index in [1.807, 2.05) is 17.3 Å². The molecular formula is C23H23FN6O2S. The number of fused-ring (bicyclic) bond motifs is 3. The quantitative estimate of drug-likeness (QED) is 0.584. The number of amides is 1. The Bertz CT molecular complexity index is 1140. The van der Waals surface area contributed by atoms with E-state index < -0.39 is 0 Å². The summed E-state index contributed by atoms with van der Waals surface area (Å²) >= 11 is 1.34. The van der Waals surface area contributed by atoms with Crippen molar-refractivity contribution in [3.8, 4) is 0 Å². The maximum atomic E-state index is 13.3. The number of hydrogen-bond donors (Lipinski definition) is 3. The molecular weight excluding hydrogens is 443 g/mol. The predicted molar refractivity (Wildman–Crippen MR) is 125 cm³/mol. The zero-order chi connectivity index (χ0) is 22.9. The second-order valence-electron chi connectivity index (χ2n) is 8.09. The minimum absolute atomic E-state index is 0.0492. The first-order valence-corrected chi connectivity index (χ1v) is 11.6. The van der Waals surface area contributed by atoms with Crippen molar-refractivity contribution >= 4 is 34.3 Å². The van der Waals surface area contributed by atoms with Crippen LogP contribution in [0.15, 0.2) is 66.0 Å². The van der Waals surface area contributed by atoms with Gasteiger partial charge in [0.25, 0.3) is 0 Å². The van der Waals surface area contributed by atoms with E-state index in [1.54, 1.807) is 36.4 Å². The van der Waals surface area contributed by atoms with Gasteiger partial charge in [0.1, 0.15) is 12.0 Å². The Kier molecular flexibility index (Phi) is 5.77. The summed E-state index contributed by atoms with van der Waals surface area (Å²) in [6.45, 7) is 1.49. The Morgan fingerprint density at radius 2 is 2.03 bits per heavy atom. The van der Waals surface area contributed by atoms with Gasteiger partial charge in [0.2, 0.25) is 5.91 Å². The molecule has 10 heteroatoms. The first-order chi connectivity index (χ1) is 16.0. The number of rotatable bonds is 5. The van der Waals surface area contributed by atoms with Crippen molar-refractivity contribution in [2.75, 3.05) is 11.1 Å². The molecule has 3 aliphatic heterocycles. The SMILES string of the molecule is CC(=O)c1cccc(NC(=O)CSC2=NNC3C4CC(c5ccc(F)cc5)NN4C=CN23)c1. The van der Waals surface area contributed by atoms with Crippen molar-refractivity contribution < 1.29 is 14.0 Å². The Hall–Kier alpha value is -3.37. The zero-order valence-corrected chi connectivity index (χ0v) is 18.7. The fourth-order valence-corrected chi connectivity index (χ4v) is 4.98. The first kappa shape index (κ1) is 21.5. The molecule has 5 rings (SSSR count). The van der Waals surface area contributed by atoms with Gasteiger partial charge in [-0.3, -0.25) is 15.0 Å². The van der Waals surface area contributed by atoms with Crippen molar-refractivity contribution in [1.29, 1.82) is 0 Å². The van der Waals surface area contributed by atoms with E-state index in [9.17, 15) is 14.0 Å². The molecule has 170 valence electrons. The maximum Gasteiger partial charge on any atom is 0.234 e. The van der Waals surface area contributed by atoms with Crippen LogP contribution in [-0.2, 0) is 4.79 Å². The van der Waals surface area contributed by atoms with E-state index in [-0.39, 0.29) is 41.5 Å². The highest BCUT2D eigenvalue weighted by Gasteiger charge is 2.44. The molecule has 1 saturated heterocycles. The Labute approximate surface area is 194 Å². The fraction of sp³-hybridized carbons (Fsp3) is 0.261. The molecule has 8 nitrogen and oxygen atoms in total. The van der Waals surface area contributed by atoms with Crippen LogP contribution in [-0.4, -0.2) is 44.7 Å². The van der Waals surface area contributed by atoms with Gasteiger partial charge in [-0.15, -0.1) is 0 Å². The number of hydrazine groups is 1. The number of benzene rings is 2. The number of nitrogens with one attached hydrogen (secondary N) is 3. The smallest absolute Gasteiger partial charge is 0.234 e. The molecule has 2 aromatic rings. The molecule has 33 heavy (non-hydrogen) atoms. The normalized spacial score (nSPS) is 23.0. The average Bonchev–Trinajstić information content (AvgIpc) is 3.42. The third-order valence-corrected chi connectivity index (χ3v) is 6.83. The highest BCUT2D eigenvalue weighted by Crippen LogP contribution is 2.35. The number of carbonyl (C=O) groups is 2. The number of anilines is 1. The van der Waals surface area contributed by atoms with Crippen LogP contribution in [0.5, 0.6) is 0 Å². The standard InChI is InChI=1S/C23H23FN6O2S/c1-14(31)16-3-2-4-18(11-16)25-21(32)13-33-23-27-26-22-20-12-19(15-5-7-17(24)8-6-15)28-30(20)10-9-29(22)23/h2-11,19-20,22,26,28H,12-13H2,1H3,(H,25,32). The third-order valence-electron chi connectivity index (χ3n) is 5.86. The number of ketones is 1. The molecule has 3 N–H and O–H groups in total. The molecule has 0 radical (unpaired) electrons. The lowest BCUT2D eigenvalue weighted by Gasteiger charge is -2.36. The van der Waals surface area contributed by atoms with Gasteiger partial charge in [0.05, 0.1) is 17.8 Å². The van der Waals surface area contributed by atoms with E-state index in [2.05, 4.69) is 26.3 Å². The van der Waals surface area contributed by atoms with Crippen LogP contribution in [0.2, 0.25) is 0 Å². The van der Waals surface area contributed by atoms with E-state index in [0.29, 0.717) is 16.4 Å². The topological polar surface area (TPSA) is 89.1 Å². The van der Waals surface area contributed by atoms with E-state index in [0.717, 1.165) is 12.0 Å². The summed E-state index contributed by atoms with van der Waals surface area (Å²) in [5.74, 6) is -0.281. The molecule has 3 aliphatic rings. The molecule has 0 spiro atoms. The summed E-state index contributed by atoms with van der Waals surface area (Å²) in [4.78, 5) is 26.0. The van der Waals surface area contributed by atoms with Crippen molar-refractivity contribution in [2.24, 2.45) is 5.10 Å². The molecule has 1 fully saturated rings. The molecule has 2 aromatic carbocycles. The molecule has 1 amide bonds. The molecule has 3 atom stereocenters. The molecule has 0 bridgehead atoms. The number of thioether (sulfide) groups is 1. The van der Waals surface area contributed by atoms with Crippen molar-refractivity contribution in [1.82, 2.24) is 20.8 Å². The molecule has 0 aliphatic carbocycles. The maximum absolute atomic E-state index is 13.3. The predicted octanol–water partition coefficient (Wildman–Crippen LogP) is 3.01. The van der Waals surface area contributed by atoms with Gasteiger partial charge < -0.3 is 15.2 Å². The van der Waals surface area contributed by atoms with Crippen molar-refractivity contribution in [3.05, 3.63) is 77.9 Å². The summed E-state index contributed by atoms with van der Waals surface area (Å²) in [7, 11) is 0. The monoisotopic (exact) mass is 466 g/mol. The summed E-state index contributed by atoms with van der Waals surface area (Å²) in [5, 5.41) is 10.0. The van der Waals surface area contributed by atoms with Gasteiger partial charge in [-0.25, -0.2) is 9.82 Å². The van der Waals surface area contributed by atoms with Crippen LogP contribution in [0, 0.1) is 5.82 Å². The highest BCUT2D eigenvalue weighted by molar-refractivity contribution is 8.14. The van der Waals surface area contributed by atoms with Crippen LogP contribution in [0.25, 0.3) is 0 Å². The summed E-state index contributed by atoms with van der Waals surface area (Å²) in [5.41, 5.74) is 8.82. The lowest BCUT2D eigenvalue weighted by atomic mass is 10.00. The van der Waals surface area contributed by atoms with Gasteiger partial charge in [0, 0.05) is 23.7 Å². The lowest BCUT2D eigenvalue weighted by molar-refractivity contribution is -0.113. The molecule has 3 heterocycles. The van der Waals surface area contributed by atoms with Crippen LogP contribution < -0.4 is 16.2 Å². The Balaban J connectivity index is 1.17. The first-order valence-electron chi connectivity index (χ1n) is 10.6. The van der Waals surface area contributed by atoms with Crippen LogP contribution in [0.1, 0.15) is 35.3 Å². The number of hydrazone groups is 1. The van der Waals surface area contributed by atoms with Crippen LogP contribution >= 0.6 is 11.8 Å². The van der Waals surface area contributed by atoms with Gasteiger partial charge in [-0.1, -0.05) is 36.0 Å². The lowest BCUT2D eigenvalue weighted by Crippen LogP contribution is -2.54. The Morgan fingerprint density at radius 3 is 2.82 bits per heavy atom. The summed E-state index contributed by atoms with van der Waals surface area (Å²) < 4.78 is 13.3. The van der Waals surface area contributed by atoms with Gasteiger partial charge in [-0.2, -0.15) is 5.10 Å². The number of hydrogen-bond acceptors (Lipinski definition) is 8. The molecule has 3 unspecified atom stereocenters. The number of halogens is 1. The van der Waals surface area contributed by atoms with Gasteiger partial charge in [0.15, 0.2) is 11.0 Å². The number of Topliss-reactive ketones (excluding diaryl/α,β-unsaturated/α-hetero) is 1. The second-order valence-corrected chi connectivity index (χ2v) is 9.03. The third kappa shape index (κ3) is 4.44. The summed E-state index contributed by atoms with van der Waals surface area (Å²) in [6, 6.07) is 13.6. The van der Waals surface area contributed by atoms with Crippen LogP contribution in [0.3, 0.4) is 0 Å². The zero-order valence-electron chi connectivity index (χ0n) is 17.9.